The Bertz CT molecular complexity index is 247. The zero-order valence-corrected chi connectivity index (χ0v) is 9.23. The van der Waals surface area contributed by atoms with Gasteiger partial charge in [-0.15, -0.1) is 0 Å². The predicted molar refractivity (Wildman–Crippen MR) is 55.1 cm³/mol. The Labute approximate surface area is 89.6 Å². The molecule has 1 rings (SSSR count). The summed E-state index contributed by atoms with van der Waals surface area (Å²) in [7, 11) is 0. The second-order valence-electron chi connectivity index (χ2n) is 3.98. The third kappa shape index (κ3) is 3.42. The number of carbonyl (C=O) groups excluding carboxylic acids is 2. The number of hydrogen-bond donors (Lipinski definition) is 1. The average Bonchev–Trinajstić information content (AvgIpc) is 2.17. The first kappa shape index (κ1) is 11.8. The van der Waals surface area contributed by atoms with E-state index in [1.54, 1.807) is 4.90 Å². The molecule has 1 fully saturated rings. The van der Waals surface area contributed by atoms with E-state index in [9.17, 15) is 9.59 Å². The molecular formula is C10H18N2O3. The molecular weight excluding hydrogens is 196 g/mol. The van der Waals surface area contributed by atoms with Crippen LogP contribution in [0.15, 0.2) is 0 Å². The normalized spacial score (nSPS) is 19.7. The van der Waals surface area contributed by atoms with Gasteiger partial charge in [-0.25, -0.2) is 4.79 Å². The molecule has 15 heavy (non-hydrogen) atoms. The van der Waals surface area contributed by atoms with Gasteiger partial charge in [-0.05, 0) is 25.7 Å². The third-order valence-corrected chi connectivity index (χ3v) is 2.87. The number of carbonyl (C=O) groups is 2. The van der Waals surface area contributed by atoms with Crippen molar-refractivity contribution in [3.05, 3.63) is 0 Å². The van der Waals surface area contributed by atoms with Gasteiger partial charge in [0.05, 0.1) is 0 Å². The molecule has 1 saturated heterocycles. The molecule has 2 amide bonds. The molecule has 1 heterocycles. The molecule has 0 saturated carbocycles. The van der Waals surface area contributed by atoms with Crippen molar-refractivity contribution in [2.75, 3.05) is 13.1 Å². The molecule has 0 aromatic carbocycles. The molecule has 0 aliphatic carbocycles. The van der Waals surface area contributed by atoms with Crippen LogP contribution in [-0.2, 0) is 9.53 Å². The van der Waals surface area contributed by atoms with Gasteiger partial charge in [-0.3, -0.25) is 4.79 Å². The van der Waals surface area contributed by atoms with Gasteiger partial charge in [-0.1, -0.05) is 0 Å². The minimum atomic E-state index is -0.367. The molecule has 1 atom stereocenters. The highest BCUT2D eigenvalue weighted by atomic mass is 16.5. The number of rotatable bonds is 2. The molecule has 1 aliphatic heterocycles. The zero-order chi connectivity index (χ0) is 11.4. The van der Waals surface area contributed by atoms with Crippen molar-refractivity contribution in [3.8, 4) is 0 Å². The first-order valence-electron chi connectivity index (χ1n) is 5.22. The lowest BCUT2D eigenvalue weighted by atomic mass is 9.92. The first-order chi connectivity index (χ1) is 7.00. The van der Waals surface area contributed by atoms with E-state index in [-0.39, 0.29) is 18.1 Å². The fourth-order valence-corrected chi connectivity index (χ4v) is 1.95. The van der Waals surface area contributed by atoms with Crippen LogP contribution >= 0.6 is 0 Å². The maximum atomic E-state index is 10.9. The summed E-state index contributed by atoms with van der Waals surface area (Å²) in [4.78, 5) is 23.3. The standard InChI is InChI=1S/C10H18N2O3/c1-7(15-8(2)13)9-3-5-12(6-4-9)10(11)14/h7,9H,3-6H2,1-2H3,(H2,11,14). The highest BCUT2D eigenvalue weighted by Crippen LogP contribution is 2.22. The lowest BCUT2D eigenvalue weighted by Crippen LogP contribution is -2.43. The highest BCUT2D eigenvalue weighted by molar-refractivity contribution is 5.72. The van der Waals surface area contributed by atoms with E-state index >= 15 is 0 Å². The van der Waals surface area contributed by atoms with Crippen molar-refractivity contribution in [1.82, 2.24) is 4.90 Å². The molecule has 1 aliphatic rings. The maximum absolute atomic E-state index is 10.9. The largest absolute Gasteiger partial charge is 0.463 e. The Morgan fingerprint density at radius 1 is 1.40 bits per heavy atom. The summed E-state index contributed by atoms with van der Waals surface area (Å²) in [6, 6.07) is -0.367. The lowest BCUT2D eigenvalue weighted by Gasteiger charge is -2.33. The van der Waals surface area contributed by atoms with Crippen LogP contribution in [0.1, 0.15) is 26.7 Å². The fourth-order valence-electron chi connectivity index (χ4n) is 1.95. The number of ether oxygens (including phenoxy) is 1. The summed E-state index contributed by atoms with van der Waals surface area (Å²) in [6.07, 6.45) is 1.62. The summed E-state index contributed by atoms with van der Waals surface area (Å²) in [5.74, 6) is 0.0873. The van der Waals surface area contributed by atoms with Crippen molar-refractivity contribution >= 4 is 12.0 Å². The van der Waals surface area contributed by atoms with E-state index in [1.807, 2.05) is 6.92 Å². The van der Waals surface area contributed by atoms with Crippen LogP contribution in [0.25, 0.3) is 0 Å². The average molecular weight is 214 g/mol. The van der Waals surface area contributed by atoms with Crippen molar-refractivity contribution in [1.29, 1.82) is 0 Å². The topological polar surface area (TPSA) is 72.6 Å². The molecule has 0 aromatic heterocycles. The Balaban J connectivity index is 2.36. The number of nitrogens with zero attached hydrogens (tertiary/aromatic N) is 1. The van der Waals surface area contributed by atoms with Crippen LogP contribution in [0.5, 0.6) is 0 Å². The molecule has 0 spiro atoms. The van der Waals surface area contributed by atoms with Crippen molar-refractivity contribution in [2.24, 2.45) is 11.7 Å². The number of nitrogens with two attached hydrogens (primary N) is 1. The van der Waals surface area contributed by atoms with Crippen LogP contribution in [0.2, 0.25) is 0 Å². The Morgan fingerprint density at radius 3 is 2.33 bits per heavy atom. The molecule has 5 nitrogen and oxygen atoms in total. The summed E-state index contributed by atoms with van der Waals surface area (Å²) in [6.45, 7) is 4.62. The van der Waals surface area contributed by atoms with Gasteiger partial charge in [0, 0.05) is 20.0 Å². The third-order valence-electron chi connectivity index (χ3n) is 2.87. The van der Waals surface area contributed by atoms with Crippen LogP contribution in [0.4, 0.5) is 4.79 Å². The second-order valence-corrected chi connectivity index (χ2v) is 3.98. The summed E-state index contributed by atoms with van der Waals surface area (Å²) < 4.78 is 5.11. The van der Waals surface area contributed by atoms with Crippen molar-refractivity contribution < 1.29 is 14.3 Å². The van der Waals surface area contributed by atoms with Crippen LogP contribution < -0.4 is 5.73 Å². The molecule has 0 bridgehead atoms. The van der Waals surface area contributed by atoms with E-state index in [4.69, 9.17) is 10.5 Å². The number of primary amides is 1. The van der Waals surface area contributed by atoms with E-state index in [0.29, 0.717) is 19.0 Å². The lowest BCUT2D eigenvalue weighted by molar-refractivity contribution is -0.148. The maximum Gasteiger partial charge on any atom is 0.314 e. The zero-order valence-electron chi connectivity index (χ0n) is 9.23. The Hall–Kier alpha value is -1.26. The molecule has 5 heteroatoms. The van der Waals surface area contributed by atoms with Gasteiger partial charge < -0.3 is 15.4 Å². The van der Waals surface area contributed by atoms with Gasteiger partial charge >= 0.3 is 12.0 Å². The SMILES string of the molecule is CC(=O)OC(C)C1CCN(C(N)=O)CC1. The first-order valence-corrected chi connectivity index (χ1v) is 5.22. The van der Waals surface area contributed by atoms with Crippen LogP contribution in [-0.4, -0.2) is 36.1 Å². The van der Waals surface area contributed by atoms with Gasteiger partial charge in [0.15, 0.2) is 0 Å². The number of esters is 1. The monoisotopic (exact) mass is 214 g/mol. The van der Waals surface area contributed by atoms with Crippen LogP contribution in [0, 0.1) is 5.92 Å². The van der Waals surface area contributed by atoms with Crippen molar-refractivity contribution in [3.63, 3.8) is 0 Å². The van der Waals surface area contributed by atoms with E-state index in [1.165, 1.54) is 6.92 Å². The highest BCUT2D eigenvalue weighted by Gasteiger charge is 2.26. The molecule has 1 unspecified atom stereocenters. The van der Waals surface area contributed by atoms with E-state index < -0.39 is 0 Å². The van der Waals surface area contributed by atoms with Gasteiger partial charge in [0.1, 0.15) is 6.10 Å². The predicted octanol–water partition coefficient (Wildman–Crippen LogP) is 0.729. The number of amides is 2. The van der Waals surface area contributed by atoms with Crippen molar-refractivity contribution in [2.45, 2.75) is 32.8 Å². The molecule has 2 N–H and O–H groups in total. The number of urea groups is 1. The number of likely N-dealkylation sites (tertiary alicyclic amines) is 1. The van der Waals surface area contributed by atoms with E-state index in [2.05, 4.69) is 0 Å². The molecule has 86 valence electrons. The second kappa shape index (κ2) is 5.00. The smallest absolute Gasteiger partial charge is 0.314 e. The molecule has 0 aromatic rings. The van der Waals surface area contributed by atoms with Gasteiger partial charge in [0.25, 0.3) is 0 Å². The summed E-state index contributed by atoms with van der Waals surface area (Å²) >= 11 is 0. The van der Waals surface area contributed by atoms with Gasteiger partial charge in [0.2, 0.25) is 0 Å². The minimum absolute atomic E-state index is 0.0717. The number of piperidine rings is 1. The van der Waals surface area contributed by atoms with Gasteiger partial charge in [-0.2, -0.15) is 0 Å². The quantitative estimate of drug-likeness (QED) is 0.689. The fraction of sp³-hybridized carbons (Fsp3) is 0.800. The summed E-state index contributed by atoms with van der Waals surface area (Å²) in [5.41, 5.74) is 5.17. The number of hydrogen-bond acceptors (Lipinski definition) is 3. The minimum Gasteiger partial charge on any atom is -0.463 e. The Morgan fingerprint density at radius 2 is 1.93 bits per heavy atom. The Kier molecular flexibility index (Phi) is 3.94. The van der Waals surface area contributed by atoms with E-state index in [0.717, 1.165) is 12.8 Å². The van der Waals surface area contributed by atoms with Crippen LogP contribution in [0.3, 0.4) is 0 Å². The summed E-state index contributed by atoms with van der Waals surface area (Å²) in [5, 5.41) is 0. The molecule has 0 radical (unpaired) electrons.